The molecule has 42 heavy (non-hydrogen) atoms. The van der Waals surface area contributed by atoms with E-state index < -0.39 is 11.9 Å². The number of nitrogens with zero attached hydrogens (tertiary/aromatic N) is 7. The molecule has 0 spiro atoms. The molecule has 0 radical (unpaired) electrons. The fraction of sp³-hybridized carbons (Fsp3) is 0.345. The molecule has 4 aromatic heterocycles. The van der Waals surface area contributed by atoms with Gasteiger partial charge in [0.1, 0.15) is 29.8 Å². The highest BCUT2D eigenvalue weighted by Crippen LogP contribution is 2.45. The molecule has 6 rings (SSSR count). The van der Waals surface area contributed by atoms with Crippen molar-refractivity contribution in [3.05, 3.63) is 66.0 Å². The monoisotopic (exact) mass is 579 g/mol. The van der Waals surface area contributed by atoms with E-state index in [9.17, 15) is 13.2 Å². The summed E-state index contributed by atoms with van der Waals surface area (Å²) in [5.41, 5.74) is 3.32. The Balaban J connectivity index is 1.33. The second kappa shape index (κ2) is 11.0. The molecule has 1 saturated carbocycles. The van der Waals surface area contributed by atoms with Crippen molar-refractivity contribution in [3.8, 4) is 34.5 Å². The Morgan fingerprint density at radius 1 is 0.976 bits per heavy atom. The van der Waals surface area contributed by atoms with Crippen LogP contribution in [0.5, 0.6) is 11.8 Å². The van der Waals surface area contributed by atoms with Gasteiger partial charge in [-0.3, -0.25) is 0 Å². The maximum absolute atomic E-state index is 13.1. The lowest BCUT2D eigenvalue weighted by Crippen LogP contribution is -2.08. The molecule has 0 atom stereocenters. The van der Waals surface area contributed by atoms with E-state index in [1.807, 2.05) is 16.8 Å². The Labute approximate surface area is 239 Å². The molecule has 4 heterocycles. The highest BCUT2D eigenvalue weighted by atomic mass is 19.4. The summed E-state index contributed by atoms with van der Waals surface area (Å²) in [5.74, 6) is 1.70. The van der Waals surface area contributed by atoms with E-state index in [0.717, 1.165) is 30.3 Å². The van der Waals surface area contributed by atoms with Gasteiger partial charge >= 0.3 is 6.18 Å². The molecule has 0 amide bonds. The van der Waals surface area contributed by atoms with Crippen molar-refractivity contribution in [2.75, 3.05) is 20.8 Å². The summed E-state index contributed by atoms with van der Waals surface area (Å²) in [7, 11) is 4.72. The summed E-state index contributed by atoms with van der Waals surface area (Å²) in [6.07, 6.45) is 1.92. The van der Waals surface area contributed by atoms with Crippen LogP contribution in [-0.2, 0) is 31.1 Å². The van der Waals surface area contributed by atoms with Gasteiger partial charge in [0.05, 0.1) is 24.9 Å². The second-order valence-electron chi connectivity index (χ2n) is 10.0. The summed E-state index contributed by atoms with van der Waals surface area (Å²) in [6, 6.07) is 8.92. The van der Waals surface area contributed by atoms with Gasteiger partial charge in [0.25, 0.3) is 0 Å². The summed E-state index contributed by atoms with van der Waals surface area (Å²) < 4.78 is 59.8. The van der Waals surface area contributed by atoms with Gasteiger partial charge < -0.3 is 23.3 Å². The van der Waals surface area contributed by atoms with Crippen molar-refractivity contribution in [1.29, 1.82) is 0 Å². The van der Waals surface area contributed by atoms with E-state index in [-0.39, 0.29) is 12.4 Å². The van der Waals surface area contributed by atoms with Gasteiger partial charge in [-0.25, -0.2) is 19.9 Å². The molecule has 1 aromatic carbocycles. The van der Waals surface area contributed by atoms with Crippen LogP contribution in [0, 0.1) is 0 Å². The SMILES string of the molecule is COCCn1ccc2nc(-c3c(OC)ncnc3C3CC3)nc(OCc3ccc(-c4nc(C(F)(F)F)cn4C)cc3)c21. The van der Waals surface area contributed by atoms with Crippen LogP contribution in [0.25, 0.3) is 33.8 Å². The van der Waals surface area contributed by atoms with Crippen LogP contribution < -0.4 is 9.47 Å². The Morgan fingerprint density at radius 2 is 1.76 bits per heavy atom. The van der Waals surface area contributed by atoms with Gasteiger partial charge in [-0.05, 0) is 24.5 Å². The van der Waals surface area contributed by atoms with Crippen LogP contribution in [0.2, 0.25) is 0 Å². The van der Waals surface area contributed by atoms with Gasteiger partial charge in [0.15, 0.2) is 11.5 Å². The number of imidazole rings is 1. The third kappa shape index (κ3) is 5.39. The number of fused-ring (bicyclic) bond motifs is 1. The van der Waals surface area contributed by atoms with Crippen LogP contribution in [-0.4, -0.2) is 54.9 Å². The third-order valence-electron chi connectivity index (χ3n) is 7.09. The minimum Gasteiger partial charge on any atom is -0.480 e. The van der Waals surface area contributed by atoms with Crippen molar-refractivity contribution in [1.82, 2.24) is 34.1 Å². The smallest absolute Gasteiger partial charge is 0.434 e. The number of alkyl halides is 3. The molecule has 0 aliphatic heterocycles. The highest BCUT2D eigenvalue weighted by Gasteiger charge is 2.35. The van der Waals surface area contributed by atoms with Crippen molar-refractivity contribution in [2.45, 2.75) is 38.1 Å². The summed E-state index contributed by atoms with van der Waals surface area (Å²) in [4.78, 5) is 22.3. The molecular weight excluding hydrogens is 551 g/mol. The number of aryl methyl sites for hydroxylation is 1. The molecule has 0 unspecified atom stereocenters. The van der Waals surface area contributed by atoms with E-state index in [2.05, 4.69) is 15.0 Å². The van der Waals surface area contributed by atoms with Crippen LogP contribution in [0.15, 0.2) is 49.1 Å². The van der Waals surface area contributed by atoms with Crippen LogP contribution >= 0.6 is 0 Å². The molecule has 10 nitrogen and oxygen atoms in total. The summed E-state index contributed by atoms with van der Waals surface area (Å²) >= 11 is 0. The zero-order valence-electron chi connectivity index (χ0n) is 23.2. The van der Waals surface area contributed by atoms with Gasteiger partial charge in [0, 0.05) is 44.6 Å². The first-order valence-corrected chi connectivity index (χ1v) is 13.3. The fourth-order valence-corrected chi connectivity index (χ4v) is 4.85. The third-order valence-corrected chi connectivity index (χ3v) is 7.09. The molecule has 13 heteroatoms. The number of methoxy groups -OCH3 is 2. The number of rotatable bonds is 10. The molecule has 5 aromatic rings. The van der Waals surface area contributed by atoms with Crippen molar-refractivity contribution in [3.63, 3.8) is 0 Å². The van der Waals surface area contributed by atoms with Crippen molar-refractivity contribution < 1.29 is 27.4 Å². The zero-order chi connectivity index (χ0) is 29.4. The van der Waals surface area contributed by atoms with E-state index in [4.69, 9.17) is 24.2 Å². The number of ether oxygens (including phenoxy) is 3. The van der Waals surface area contributed by atoms with Crippen LogP contribution in [0.4, 0.5) is 13.2 Å². The first-order chi connectivity index (χ1) is 20.3. The normalized spacial score (nSPS) is 13.6. The van der Waals surface area contributed by atoms with E-state index >= 15 is 0 Å². The highest BCUT2D eigenvalue weighted by molar-refractivity contribution is 5.84. The minimum atomic E-state index is -4.51. The number of hydrogen-bond acceptors (Lipinski definition) is 8. The largest absolute Gasteiger partial charge is 0.480 e. The Morgan fingerprint density at radius 3 is 2.43 bits per heavy atom. The first-order valence-electron chi connectivity index (χ1n) is 13.3. The first kappa shape index (κ1) is 27.6. The quantitative estimate of drug-likeness (QED) is 0.216. The lowest BCUT2D eigenvalue weighted by molar-refractivity contribution is -0.140. The van der Waals surface area contributed by atoms with E-state index in [1.54, 1.807) is 38.5 Å². The van der Waals surface area contributed by atoms with Crippen LogP contribution in [0.3, 0.4) is 0 Å². The number of halogens is 3. The fourth-order valence-electron chi connectivity index (χ4n) is 4.85. The lowest BCUT2D eigenvalue weighted by atomic mass is 10.1. The Bertz CT molecular complexity index is 1730. The standard InChI is InChI=1S/C29H28F3N7O3/c1-38-14-21(29(30,31)32)36-26(38)19-6-4-17(5-7-19)15-42-28-24-20(10-11-39(24)12-13-40-2)35-25(37-28)22-23(18-8-9-18)33-16-34-27(22)41-3/h4-7,10-11,14,16,18H,8-9,12-13,15H2,1-3H3. The predicted octanol–water partition coefficient (Wildman–Crippen LogP) is 5.42. The minimum absolute atomic E-state index is 0.160. The average Bonchev–Trinajstić information content (AvgIpc) is 3.63. The predicted molar refractivity (Wildman–Crippen MR) is 147 cm³/mol. The molecule has 0 saturated heterocycles. The lowest BCUT2D eigenvalue weighted by Gasteiger charge is -2.14. The van der Waals surface area contributed by atoms with E-state index in [0.29, 0.717) is 58.8 Å². The molecule has 1 aliphatic carbocycles. The van der Waals surface area contributed by atoms with Gasteiger partial charge in [-0.2, -0.15) is 18.2 Å². The molecule has 0 N–H and O–H groups in total. The number of aromatic nitrogens is 7. The molecule has 218 valence electrons. The Hall–Kier alpha value is -4.52. The van der Waals surface area contributed by atoms with Crippen molar-refractivity contribution >= 4 is 11.0 Å². The van der Waals surface area contributed by atoms with Gasteiger partial charge in [-0.15, -0.1) is 0 Å². The van der Waals surface area contributed by atoms with E-state index in [1.165, 1.54) is 17.9 Å². The van der Waals surface area contributed by atoms with Gasteiger partial charge in [0.2, 0.25) is 11.8 Å². The average molecular weight is 580 g/mol. The number of hydrogen-bond donors (Lipinski definition) is 0. The maximum atomic E-state index is 13.1. The number of benzene rings is 1. The van der Waals surface area contributed by atoms with Crippen molar-refractivity contribution in [2.24, 2.45) is 7.05 Å². The summed E-state index contributed by atoms with van der Waals surface area (Å²) in [6.45, 7) is 1.22. The summed E-state index contributed by atoms with van der Waals surface area (Å²) in [5, 5.41) is 0. The molecular formula is C29H28F3N7O3. The van der Waals surface area contributed by atoms with Crippen LogP contribution in [0.1, 0.15) is 35.7 Å². The van der Waals surface area contributed by atoms with Gasteiger partial charge in [-0.1, -0.05) is 24.3 Å². The zero-order valence-corrected chi connectivity index (χ0v) is 23.2. The second-order valence-corrected chi connectivity index (χ2v) is 10.0. The molecule has 0 bridgehead atoms. The Kier molecular flexibility index (Phi) is 7.27. The maximum Gasteiger partial charge on any atom is 0.434 e. The topological polar surface area (TPSA) is 102 Å². The molecule has 1 aliphatic rings. The molecule has 1 fully saturated rings.